The van der Waals surface area contributed by atoms with E-state index in [-0.39, 0.29) is 5.82 Å². The van der Waals surface area contributed by atoms with Crippen LogP contribution in [0.2, 0.25) is 5.82 Å². The van der Waals surface area contributed by atoms with E-state index in [0.717, 1.165) is 0 Å². The summed E-state index contributed by atoms with van der Waals surface area (Å²) in [5.74, 6) is 0.699. The van der Waals surface area contributed by atoms with E-state index in [9.17, 15) is 0 Å². The van der Waals surface area contributed by atoms with E-state index in [1.165, 1.54) is 0 Å². The monoisotopic (exact) mass is 97.1 g/mol. The zero-order valence-electron chi connectivity index (χ0n) is 5.02. The fraction of sp³-hybridized carbons (Fsp3) is 1.00. The summed E-state index contributed by atoms with van der Waals surface area (Å²) in [4.78, 5) is 0. The van der Waals surface area contributed by atoms with Crippen LogP contribution < -0.4 is 5.73 Å². The summed E-state index contributed by atoms with van der Waals surface area (Å²) in [6.45, 7) is 4.71. The van der Waals surface area contributed by atoms with Crippen LogP contribution in [0, 0.1) is 5.92 Å². The highest BCUT2D eigenvalue weighted by molar-refractivity contribution is 6.11. The average Bonchev–Trinajstić information content (AvgIpc) is 1.65. The van der Waals surface area contributed by atoms with Crippen LogP contribution in [0.4, 0.5) is 0 Å². The molecule has 0 fully saturated rings. The molecule has 1 unspecified atom stereocenters. The predicted molar refractivity (Wildman–Crippen MR) is 33.4 cm³/mol. The van der Waals surface area contributed by atoms with Crippen LogP contribution in [0.25, 0.3) is 0 Å². The van der Waals surface area contributed by atoms with Crippen molar-refractivity contribution >= 4 is 7.85 Å². The molecule has 0 bridgehead atoms. The van der Waals surface area contributed by atoms with Crippen LogP contribution in [0.1, 0.15) is 13.8 Å². The minimum absolute atomic E-state index is 0.241. The number of hydrogen-bond donors (Lipinski definition) is 1. The molecule has 1 nitrogen and oxygen atoms in total. The lowest BCUT2D eigenvalue weighted by Gasteiger charge is -2.10. The number of rotatable bonds is 2. The normalized spacial score (nSPS) is 18.7. The minimum Gasteiger partial charge on any atom is -0.330 e. The van der Waals surface area contributed by atoms with E-state index in [4.69, 9.17) is 13.6 Å². The predicted octanol–water partition coefficient (Wildman–Crippen LogP) is 0.558. The van der Waals surface area contributed by atoms with E-state index in [0.29, 0.717) is 12.5 Å². The molecule has 0 aliphatic carbocycles. The third-order valence-corrected chi connectivity index (χ3v) is 1.27. The first-order valence-electron chi connectivity index (χ1n) is 2.64. The van der Waals surface area contributed by atoms with Crippen molar-refractivity contribution in [3.05, 3.63) is 0 Å². The fourth-order valence-corrected chi connectivity index (χ4v) is 0.215. The lowest BCUT2D eigenvalue weighted by Crippen LogP contribution is -2.14. The lowest BCUT2D eigenvalue weighted by molar-refractivity contribution is 0.575. The zero-order valence-corrected chi connectivity index (χ0v) is 5.02. The van der Waals surface area contributed by atoms with Gasteiger partial charge >= 0.3 is 0 Å². The van der Waals surface area contributed by atoms with Crippen molar-refractivity contribution in [3.63, 3.8) is 0 Å². The fourth-order valence-electron chi connectivity index (χ4n) is 0.215. The Bertz CT molecular complexity index is 45.3. The van der Waals surface area contributed by atoms with Gasteiger partial charge in [0.2, 0.25) is 0 Å². The van der Waals surface area contributed by atoms with Crippen LogP contribution in [-0.2, 0) is 0 Å². The first-order chi connectivity index (χ1) is 3.18. The zero-order chi connectivity index (χ0) is 5.86. The number of hydrogen-bond acceptors (Lipinski definition) is 1. The molecule has 0 aromatic rings. The Morgan fingerprint density at radius 1 is 1.57 bits per heavy atom. The molecule has 0 aromatic heterocycles. The van der Waals surface area contributed by atoms with Crippen LogP contribution in [0.3, 0.4) is 0 Å². The van der Waals surface area contributed by atoms with Gasteiger partial charge in [0.1, 0.15) is 0 Å². The Hall–Kier alpha value is 0.0249. The van der Waals surface area contributed by atoms with Crippen molar-refractivity contribution in [2.75, 3.05) is 6.54 Å². The Kier molecular flexibility index (Phi) is 3.09. The van der Waals surface area contributed by atoms with Crippen LogP contribution in [-0.4, -0.2) is 14.4 Å². The molecule has 0 aromatic carbocycles. The smallest absolute Gasteiger partial charge is 0.0700 e. The second-order valence-electron chi connectivity index (χ2n) is 2.07. The van der Waals surface area contributed by atoms with E-state index >= 15 is 0 Å². The molecule has 0 amide bonds. The Labute approximate surface area is 46.7 Å². The molecule has 2 N–H and O–H groups in total. The van der Waals surface area contributed by atoms with Gasteiger partial charge in [-0.15, -0.1) is 0 Å². The Morgan fingerprint density at radius 2 is 2.00 bits per heavy atom. The van der Waals surface area contributed by atoms with Crippen LogP contribution in [0.5, 0.6) is 0 Å². The second kappa shape index (κ2) is 3.08. The Morgan fingerprint density at radius 3 is 2.00 bits per heavy atom. The van der Waals surface area contributed by atoms with Gasteiger partial charge < -0.3 is 5.73 Å². The van der Waals surface area contributed by atoms with Gasteiger partial charge in [0.05, 0.1) is 7.85 Å². The summed E-state index contributed by atoms with van der Waals surface area (Å²) in [7, 11) is 5.47. The molecule has 0 spiro atoms. The first kappa shape index (κ1) is 7.02. The van der Waals surface area contributed by atoms with Crippen molar-refractivity contribution in [1.29, 1.82) is 0 Å². The van der Waals surface area contributed by atoms with Gasteiger partial charge in [-0.25, -0.2) is 0 Å². The van der Waals surface area contributed by atoms with Crippen LogP contribution in [0.15, 0.2) is 0 Å². The maximum atomic E-state index is 5.47. The van der Waals surface area contributed by atoms with Crippen molar-refractivity contribution < 1.29 is 0 Å². The summed E-state index contributed by atoms with van der Waals surface area (Å²) in [6.07, 6.45) is 0. The molecule has 0 saturated carbocycles. The summed E-state index contributed by atoms with van der Waals surface area (Å²) in [6, 6.07) is 0. The van der Waals surface area contributed by atoms with Crippen molar-refractivity contribution in [2.24, 2.45) is 11.7 Å². The highest BCUT2D eigenvalue weighted by atomic mass is 14.5. The third kappa shape index (κ3) is 2.69. The van der Waals surface area contributed by atoms with Gasteiger partial charge in [0.15, 0.2) is 0 Å². The molecular formula is C5H12BN. The van der Waals surface area contributed by atoms with E-state index in [2.05, 4.69) is 0 Å². The molecule has 40 valence electrons. The first-order valence-corrected chi connectivity index (χ1v) is 2.64. The van der Waals surface area contributed by atoms with E-state index in [1.54, 1.807) is 0 Å². The summed E-state index contributed by atoms with van der Waals surface area (Å²) >= 11 is 0. The number of nitrogens with two attached hydrogens (primary N) is 1. The van der Waals surface area contributed by atoms with Crippen LogP contribution >= 0.6 is 0 Å². The van der Waals surface area contributed by atoms with Crippen molar-refractivity contribution in [1.82, 2.24) is 0 Å². The molecule has 7 heavy (non-hydrogen) atoms. The molecule has 0 aliphatic rings. The van der Waals surface area contributed by atoms with E-state index in [1.807, 2.05) is 13.8 Å². The summed E-state index contributed by atoms with van der Waals surface area (Å²) < 4.78 is 0. The maximum Gasteiger partial charge on any atom is 0.0700 e. The molecule has 2 atom stereocenters. The molecule has 2 heteroatoms. The highest BCUT2D eigenvalue weighted by Gasteiger charge is 2.01. The van der Waals surface area contributed by atoms with Gasteiger partial charge in [-0.2, -0.15) is 0 Å². The summed E-state index contributed by atoms with van der Waals surface area (Å²) in [5, 5.41) is 0. The standard InChI is InChI=1S/C5H12BN/c1-4(3-7)5(2)6/h4-5H,3,7H2,1-2H3/t4-,5?/m0/s1. The van der Waals surface area contributed by atoms with Gasteiger partial charge in [-0.3, -0.25) is 0 Å². The highest BCUT2D eigenvalue weighted by Crippen LogP contribution is 2.09. The molecule has 0 rings (SSSR count). The van der Waals surface area contributed by atoms with E-state index < -0.39 is 0 Å². The molecule has 0 heterocycles. The molecule has 0 saturated heterocycles. The Balaban J connectivity index is 3.14. The van der Waals surface area contributed by atoms with Gasteiger partial charge in [-0.1, -0.05) is 19.7 Å². The molecule has 0 aliphatic heterocycles. The minimum atomic E-state index is 0.241. The quantitative estimate of drug-likeness (QED) is 0.500. The molecule has 2 radical (unpaired) electrons. The SMILES string of the molecule is [B]C(C)[C@@H](C)CN. The second-order valence-corrected chi connectivity index (χ2v) is 2.07. The molecular weight excluding hydrogens is 84.9 g/mol. The maximum absolute atomic E-state index is 5.47. The largest absolute Gasteiger partial charge is 0.330 e. The topological polar surface area (TPSA) is 26.0 Å². The van der Waals surface area contributed by atoms with Gasteiger partial charge in [-0.05, 0) is 12.5 Å². The van der Waals surface area contributed by atoms with Crippen molar-refractivity contribution in [3.8, 4) is 0 Å². The van der Waals surface area contributed by atoms with Gasteiger partial charge in [0, 0.05) is 0 Å². The van der Waals surface area contributed by atoms with Crippen molar-refractivity contribution in [2.45, 2.75) is 19.7 Å². The third-order valence-electron chi connectivity index (χ3n) is 1.27. The summed E-state index contributed by atoms with van der Waals surface area (Å²) in [5.41, 5.74) is 5.29. The van der Waals surface area contributed by atoms with Gasteiger partial charge in [0.25, 0.3) is 0 Å². The average molecular weight is 97.0 g/mol. The lowest BCUT2D eigenvalue weighted by atomic mass is 9.79.